The number of methoxy groups -OCH3 is 1. The Bertz CT molecular complexity index is 821. The molecule has 0 saturated heterocycles. The Morgan fingerprint density at radius 3 is 2.81 bits per heavy atom. The van der Waals surface area contributed by atoms with E-state index in [1.807, 2.05) is 0 Å². The van der Waals surface area contributed by atoms with Gasteiger partial charge in [0.25, 0.3) is 0 Å². The van der Waals surface area contributed by atoms with Crippen molar-refractivity contribution < 1.29 is 9.13 Å². The lowest BCUT2D eigenvalue weighted by molar-refractivity contribution is 0.399. The molecule has 0 aliphatic rings. The second-order valence-electron chi connectivity index (χ2n) is 4.29. The van der Waals surface area contributed by atoms with Crippen LogP contribution in [0.15, 0.2) is 34.8 Å². The van der Waals surface area contributed by atoms with Gasteiger partial charge < -0.3 is 4.74 Å². The molecule has 0 aliphatic heterocycles. The molecular formula is C14H10BrClFN3O. The standard InChI is InChI=1S/C14H10BrClFN3O/c1-21-13-5-4-10-14(19-13)20(12(7-16)18-10)11-6-8(17)2-3-9(11)15/h2-6H,7H2,1H3. The number of ether oxygens (including phenoxy) is 1. The summed E-state index contributed by atoms with van der Waals surface area (Å²) in [6.45, 7) is 0. The Morgan fingerprint density at radius 2 is 2.10 bits per heavy atom. The van der Waals surface area contributed by atoms with Crippen molar-refractivity contribution in [3.05, 3.63) is 46.4 Å². The summed E-state index contributed by atoms with van der Waals surface area (Å²) < 4.78 is 21.2. The first-order chi connectivity index (χ1) is 10.1. The molecule has 0 unspecified atom stereocenters. The van der Waals surface area contributed by atoms with Gasteiger partial charge in [-0.25, -0.2) is 9.37 Å². The second kappa shape index (κ2) is 5.61. The van der Waals surface area contributed by atoms with E-state index in [0.29, 0.717) is 28.6 Å². The van der Waals surface area contributed by atoms with Crippen LogP contribution >= 0.6 is 27.5 Å². The average molecular weight is 371 g/mol. The SMILES string of the molecule is COc1ccc2nc(CCl)n(-c3cc(F)ccc3Br)c2n1. The molecule has 0 fully saturated rings. The summed E-state index contributed by atoms with van der Waals surface area (Å²) in [6.07, 6.45) is 0. The molecule has 0 bridgehead atoms. The maximum absolute atomic E-state index is 13.6. The zero-order valence-corrected chi connectivity index (χ0v) is 13.3. The molecule has 1 aromatic carbocycles. The van der Waals surface area contributed by atoms with Crippen LogP contribution in [0.1, 0.15) is 5.82 Å². The van der Waals surface area contributed by atoms with E-state index in [1.165, 1.54) is 19.2 Å². The average Bonchev–Trinajstić information content (AvgIpc) is 2.87. The van der Waals surface area contributed by atoms with Gasteiger partial charge in [-0.2, -0.15) is 4.98 Å². The molecule has 21 heavy (non-hydrogen) atoms. The quantitative estimate of drug-likeness (QED) is 0.653. The van der Waals surface area contributed by atoms with Crippen LogP contribution in [-0.4, -0.2) is 21.6 Å². The highest BCUT2D eigenvalue weighted by Gasteiger charge is 2.16. The van der Waals surface area contributed by atoms with Gasteiger partial charge in [-0.15, -0.1) is 11.6 Å². The van der Waals surface area contributed by atoms with E-state index in [9.17, 15) is 4.39 Å². The summed E-state index contributed by atoms with van der Waals surface area (Å²) in [5.74, 6) is 0.872. The van der Waals surface area contributed by atoms with Crippen molar-refractivity contribution in [3.8, 4) is 11.6 Å². The van der Waals surface area contributed by atoms with Crippen LogP contribution in [0.2, 0.25) is 0 Å². The fourth-order valence-electron chi connectivity index (χ4n) is 2.10. The number of alkyl halides is 1. The highest BCUT2D eigenvalue weighted by molar-refractivity contribution is 9.10. The van der Waals surface area contributed by atoms with Gasteiger partial charge >= 0.3 is 0 Å². The van der Waals surface area contributed by atoms with Crippen molar-refractivity contribution in [2.75, 3.05) is 7.11 Å². The summed E-state index contributed by atoms with van der Waals surface area (Å²) in [5, 5.41) is 0. The molecule has 0 aliphatic carbocycles. The Balaban J connectivity index is 2.36. The number of hydrogen-bond acceptors (Lipinski definition) is 3. The smallest absolute Gasteiger partial charge is 0.215 e. The minimum absolute atomic E-state index is 0.182. The molecule has 0 N–H and O–H groups in total. The van der Waals surface area contributed by atoms with Gasteiger partial charge in [-0.3, -0.25) is 4.57 Å². The third-order valence-electron chi connectivity index (χ3n) is 3.03. The second-order valence-corrected chi connectivity index (χ2v) is 5.41. The highest BCUT2D eigenvalue weighted by Crippen LogP contribution is 2.28. The number of halogens is 3. The van der Waals surface area contributed by atoms with Crippen molar-refractivity contribution in [3.63, 3.8) is 0 Å². The number of fused-ring (bicyclic) bond motifs is 1. The van der Waals surface area contributed by atoms with Crippen LogP contribution in [0, 0.1) is 5.82 Å². The zero-order valence-electron chi connectivity index (χ0n) is 11.0. The lowest BCUT2D eigenvalue weighted by Gasteiger charge is -2.10. The predicted octanol–water partition coefficient (Wildman–Crippen LogP) is 4.07. The zero-order chi connectivity index (χ0) is 15.0. The molecule has 0 atom stereocenters. The molecule has 7 heteroatoms. The molecule has 4 nitrogen and oxygen atoms in total. The monoisotopic (exact) mass is 369 g/mol. The number of pyridine rings is 1. The first-order valence-corrected chi connectivity index (χ1v) is 7.40. The topological polar surface area (TPSA) is 39.9 Å². The maximum atomic E-state index is 13.6. The van der Waals surface area contributed by atoms with Crippen molar-refractivity contribution in [2.24, 2.45) is 0 Å². The van der Waals surface area contributed by atoms with Crippen LogP contribution in [0.3, 0.4) is 0 Å². The molecule has 0 spiro atoms. The van der Waals surface area contributed by atoms with Crippen LogP contribution in [-0.2, 0) is 5.88 Å². The minimum Gasteiger partial charge on any atom is -0.481 e. The van der Waals surface area contributed by atoms with Crippen molar-refractivity contribution in [1.29, 1.82) is 0 Å². The van der Waals surface area contributed by atoms with Gasteiger partial charge in [0.15, 0.2) is 5.65 Å². The number of imidazole rings is 1. The van der Waals surface area contributed by atoms with Crippen LogP contribution in [0.25, 0.3) is 16.9 Å². The number of nitrogens with zero attached hydrogens (tertiary/aromatic N) is 3. The predicted molar refractivity (Wildman–Crippen MR) is 82.6 cm³/mol. The molecular weight excluding hydrogens is 361 g/mol. The summed E-state index contributed by atoms with van der Waals surface area (Å²) in [4.78, 5) is 8.81. The van der Waals surface area contributed by atoms with E-state index < -0.39 is 0 Å². The summed E-state index contributed by atoms with van der Waals surface area (Å²) >= 11 is 9.39. The third kappa shape index (κ3) is 2.49. The summed E-state index contributed by atoms with van der Waals surface area (Å²) in [7, 11) is 1.54. The van der Waals surface area contributed by atoms with Gasteiger partial charge in [-0.1, -0.05) is 0 Å². The van der Waals surface area contributed by atoms with E-state index in [-0.39, 0.29) is 11.7 Å². The molecule has 0 radical (unpaired) electrons. The van der Waals surface area contributed by atoms with Crippen LogP contribution in [0.5, 0.6) is 5.88 Å². The van der Waals surface area contributed by atoms with E-state index in [4.69, 9.17) is 16.3 Å². The molecule has 3 rings (SSSR count). The fraction of sp³-hybridized carbons (Fsp3) is 0.143. The normalized spacial score (nSPS) is 11.0. The highest BCUT2D eigenvalue weighted by atomic mass is 79.9. The van der Waals surface area contributed by atoms with Crippen molar-refractivity contribution >= 4 is 38.7 Å². The first-order valence-electron chi connectivity index (χ1n) is 6.08. The van der Waals surface area contributed by atoms with E-state index >= 15 is 0 Å². The fourth-order valence-corrected chi connectivity index (χ4v) is 2.70. The van der Waals surface area contributed by atoms with E-state index in [1.54, 1.807) is 22.8 Å². The Kier molecular flexibility index (Phi) is 3.82. The van der Waals surface area contributed by atoms with Gasteiger partial charge in [0.2, 0.25) is 5.88 Å². The Hall–Kier alpha value is -1.66. The van der Waals surface area contributed by atoms with Gasteiger partial charge in [0, 0.05) is 10.5 Å². The summed E-state index contributed by atoms with van der Waals surface area (Å²) in [6, 6.07) is 7.93. The third-order valence-corrected chi connectivity index (χ3v) is 3.94. The van der Waals surface area contributed by atoms with Gasteiger partial charge in [0.1, 0.15) is 17.2 Å². The molecule has 2 aromatic heterocycles. The van der Waals surface area contributed by atoms with Gasteiger partial charge in [-0.05, 0) is 40.2 Å². The van der Waals surface area contributed by atoms with E-state index in [0.717, 1.165) is 4.47 Å². The molecule has 2 heterocycles. The minimum atomic E-state index is -0.349. The molecule has 3 aromatic rings. The largest absolute Gasteiger partial charge is 0.481 e. The van der Waals surface area contributed by atoms with Crippen molar-refractivity contribution in [1.82, 2.24) is 14.5 Å². The lowest BCUT2D eigenvalue weighted by Crippen LogP contribution is -2.02. The molecule has 0 saturated carbocycles. The lowest BCUT2D eigenvalue weighted by atomic mass is 10.3. The number of rotatable bonds is 3. The van der Waals surface area contributed by atoms with Crippen LogP contribution < -0.4 is 4.74 Å². The Morgan fingerprint density at radius 1 is 1.29 bits per heavy atom. The van der Waals surface area contributed by atoms with Crippen LogP contribution in [0.4, 0.5) is 4.39 Å². The van der Waals surface area contributed by atoms with Gasteiger partial charge in [0.05, 0.1) is 18.7 Å². The molecule has 0 amide bonds. The van der Waals surface area contributed by atoms with E-state index in [2.05, 4.69) is 25.9 Å². The Labute approximate surface area is 133 Å². The van der Waals surface area contributed by atoms with Crippen molar-refractivity contribution in [2.45, 2.75) is 5.88 Å². The first kappa shape index (κ1) is 14.3. The number of aromatic nitrogens is 3. The number of benzene rings is 1. The maximum Gasteiger partial charge on any atom is 0.215 e. The number of hydrogen-bond donors (Lipinski definition) is 0. The summed E-state index contributed by atoms with van der Waals surface area (Å²) in [5.41, 5.74) is 1.83. The molecule has 108 valence electrons.